The molecule has 2 aromatic heterocycles. The molecule has 1 saturated heterocycles. The molecule has 33 heavy (non-hydrogen) atoms. The van der Waals surface area contributed by atoms with E-state index < -0.39 is 11.4 Å². The van der Waals surface area contributed by atoms with Gasteiger partial charge in [-0.1, -0.05) is 5.92 Å². The molecule has 2 fully saturated rings. The lowest BCUT2D eigenvalue weighted by Crippen LogP contribution is -2.49. The van der Waals surface area contributed by atoms with Crippen molar-refractivity contribution >= 4 is 29.2 Å². The highest BCUT2D eigenvalue weighted by Gasteiger charge is 2.38. The molecule has 4 rings (SSSR count). The van der Waals surface area contributed by atoms with Crippen LogP contribution in [0.1, 0.15) is 44.0 Å². The van der Waals surface area contributed by atoms with Gasteiger partial charge >= 0.3 is 0 Å². The number of halogens is 1. The maximum atomic E-state index is 14.8. The Balaban J connectivity index is 1.81. The number of aromatic nitrogens is 2. The van der Waals surface area contributed by atoms with E-state index in [9.17, 15) is 14.3 Å². The van der Waals surface area contributed by atoms with E-state index in [0.29, 0.717) is 29.7 Å². The molecule has 0 aromatic carbocycles. The number of aliphatic imine (C=N–C) groups is 2. The second-order valence-electron chi connectivity index (χ2n) is 8.64. The van der Waals surface area contributed by atoms with E-state index in [1.807, 2.05) is 4.57 Å². The third kappa shape index (κ3) is 4.58. The van der Waals surface area contributed by atoms with Gasteiger partial charge in [0.15, 0.2) is 5.83 Å². The lowest BCUT2D eigenvalue weighted by atomic mass is 10.0. The normalized spacial score (nSPS) is 19.0. The van der Waals surface area contributed by atoms with Gasteiger partial charge in [0.1, 0.15) is 17.0 Å². The number of carbonyl (C=O) groups is 1. The number of carbonyl (C=O) groups excluding carboxylic acids is 1. The first-order valence-corrected chi connectivity index (χ1v) is 10.8. The van der Waals surface area contributed by atoms with Gasteiger partial charge in [-0.15, -0.1) is 0 Å². The SMILES string of the molecule is C=NC=C(F)C(=NCN)c1cn(C2CN(C(C)=O)C2)c2cnc(C#CC(C)(O)C3CC3)cc12. The minimum Gasteiger partial charge on any atom is -0.378 e. The molecule has 2 aliphatic rings. The minimum absolute atomic E-state index is 0.0118. The zero-order chi connectivity index (χ0) is 23.8. The number of amides is 1. The molecule has 8 nitrogen and oxygen atoms in total. The van der Waals surface area contributed by atoms with Crippen molar-refractivity contribution in [3.05, 3.63) is 41.7 Å². The highest BCUT2D eigenvalue weighted by Crippen LogP contribution is 2.39. The molecule has 1 saturated carbocycles. The predicted molar refractivity (Wildman–Crippen MR) is 126 cm³/mol. The molecule has 3 N–H and O–H groups in total. The van der Waals surface area contributed by atoms with Crippen LogP contribution in [0.3, 0.4) is 0 Å². The van der Waals surface area contributed by atoms with Gasteiger partial charge < -0.3 is 20.3 Å². The van der Waals surface area contributed by atoms with Crippen molar-refractivity contribution in [3.63, 3.8) is 0 Å². The van der Waals surface area contributed by atoms with Gasteiger partial charge in [0.25, 0.3) is 0 Å². The van der Waals surface area contributed by atoms with Crippen molar-refractivity contribution in [3.8, 4) is 11.8 Å². The molecule has 172 valence electrons. The number of likely N-dealkylation sites (tertiary alicyclic amines) is 1. The van der Waals surface area contributed by atoms with E-state index in [1.165, 1.54) is 6.92 Å². The number of hydrogen-bond acceptors (Lipinski definition) is 6. The van der Waals surface area contributed by atoms with Crippen LogP contribution >= 0.6 is 0 Å². The highest BCUT2D eigenvalue weighted by atomic mass is 19.1. The largest absolute Gasteiger partial charge is 0.378 e. The first-order valence-electron chi connectivity index (χ1n) is 10.8. The van der Waals surface area contributed by atoms with Crippen molar-refractivity contribution in [1.29, 1.82) is 0 Å². The van der Waals surface area contributed by atoms with E-state index in [2.05, 4.69) is 33.5 Å². The van der Waals surface area contributed by atoms with Gasteiger partial charge in [-0.2, -0.15) is 0 Å². The summed E-state index contributed by atoms with van der Waals surface area (Å²) in [4.78, 5) is 25.5. The summed E-state index contributed by atoms with van der Waals surface area (Å²) in [5, 5.41) is 11.2. The summed E-state index contributed by atoms with van der Waals surface area (Å²) in [6, 6.07) is 1.79. The van der Waals surface area contributed by atoms with Crippen LogP contribution in [0.2, 0.25) is 0 Å². The van der Waals surface area contributed by atoms with E-state index in [0.717, 1.165) is 24.6 Å². The predicted octanol–water partition coefficient (Wildman–Crippen LogP) is 2.17. The molecule has 0 bridgehead atoms. The van der Waals surface area contributed by atoms with Crippen LogP contribution < -0.4 is 5.73 Å². The molecule has 0 radical (unpaired) electrons. The summed E-state index contributed by atoms with van der Waals surface area (Å²) < 4.78 is 16.8. The lowest BCUT2D eigenvalue weighted by Gasteiger charge is -2.39. The summed E-state index contributed by atoms with van der Waals surface area (Å²) in [5.74, 6) is 5.42. The van der Waals surface area contributed by atoms with Crippen LogP contribution in [0, 0.1) is 17.8 Å². The second-order valence-corrected chi connectivity index (χ2v) is 8.64. The van der Waals surface area contributed by atoms with Crippen LogP contribution in [0.5, 0.6) is 0 Å². The van der Waals surface area contributed by atoms with Crippen molar-refractivity contribution in [1.82, 2.24) is 14.5 Å². The number of rotatable bonds is 6. The molecule has 1 atom stereocenters. The van der Waals surface area contributed by atoms with Crippen molar-refractivity contribution < 1.29 is 14.3 Å². The molecule has 1 aliphatic heterocycles. The molecule has 2 aromatic rings. The Hall–Kier alpha value is -3.35. The third-order valence-electron chi connectivity index (χ3n) is 6.17. The Morgan fingerprint density at radius 2 is 2.21 bits per heavy atom. The number of pyridine rings is 1. The number of allylic oxidation sites excluding steroid dienone is 1. The average molecular weight is 451 g/mol. The molecule has 3 heterocycles. The third-order valence-corrected chi connectivity index (χ3v) is 6.17. The molecular formula is C24H27FN6O2. The second kappa shape index (κ2) is 8.89. The molecule has 9 heteroatoms. The fourth-order valence-corrected chi connectivity index (χ4v) is 4.06. The van der Waals surface area contributed by atoms with Crippen LogP contribution in [-0.4, -0.2) is 63.3 Å². The Morgan fingerprint density at radius 1 is 1.48 bits per heavy atom. The Morgan fingerprint density at radius 3 is 2.82 bits per heavy atom. The average Bonchev–Trinajstić information content (AvgIpc) is 3.54. The van der Waals surface area contributed by atoms with Gasteiger partial charge in [-0.25, -0.2) is 9.37 Å². The summed E-state index contributed by atoms with van der Waals surface area (Å²) in [7, 11) is 0. The topological polar surface area (TPSA) is 109 Å². The fraction of sp³-hybridized carbons (Fsp3) is 0.417. The standard InChI is InChI=1S/C24H27FN6O2/c1-15(32)30-11-18(12-30)31-13-20(23(29-14-26)21(25)9-27-3)19-8-17(28-10-22(19)31)6-7-24(2,33)16-4-5-16/h8-10,13,16,18,33H,3-5,11-12,14,26H2,1-2H3. The molecular weight excluding hydrogens is 423 g/mol. The fourth-order valence-electron chi connectivity index (χ4n) is 4.06. The first-order chi connectivity index (χ1) is 15.7. The van der Waals surface area contributed by atoms with E-state index >= 15 is 0 Å². The summed E-state index contributed by atoms with van der Waals surface area (Å²) in [6.07, 6.45) is 6.40. The van der Waals surface area contributed by atoms with E-state index in [-0.39, 0.29) is 30.2 Å². The van der Waals surface area contributed by atoms with Crippen molar-refractivity contribution in [2.24, 2.45) is 21.6 Å². The smallest absolute Gasteiger partial charge is 0.219 e. The molecule has 1 aliphatic carbocycles. The van der Waals surface area contributed by atoms with Crippen LogP contribution in [0.25, 0.3) is 10.9 Å². The van der Waals surface area contributed by atoms with Gasteiger partial charge in [0.2, 0.25) is 5.91 Å². The molecule has 0 spiro atoms. The molecule has 1 unspecified atom stereocenters. The number of fused-ring (bicyclic) bond motifs is 1. The maximum Gasteiger partial charge on any atom is 0.219 e. The number of nitrogens with zero attached hydrogens (tertiary/aromatic N) is 5. The zero-order valence-electron chi connectivity index (χ0n) is 18.8. The molecule has 1 amide bonds. The first kappa shape index (κ1) is 22.8. The monoisotopic (exact) mass is 450 g/mol. The summed E-state index contributed by atoms with van der Waals surface area (Å²) in [6.45, 7) is 7.56. The van der Waals surface area contributed by atoms with Crippen LogP contribution in [-0.2, 0) is 4.79 Å². The van der Waals surface area contributed by atoms with Gasteiger partial charge in [0, 0.05) is 37.2 Å². The maximum absolute atomic E-state index is 14.8. The Kier molecular flexibility index (Phi) is 6.15. The minimum atomic E-state index is -1.07. The highest BCUT2D eigenvalue weighted by molar-refractivity contribution is 6.18. The van der Waals surface area contributed by atoms with Crippen LogP contribution in [0.15, 0.2) is 40.5 Å². The Bertz CT molecular complexity index is 1220. The van der Waals surface area contributed by atoms with Gasteiger partial charge in [-0.05, 0) is 44.4 Å². The van der Waals surface area contributed by atoms with Crippen molar-refractivity contribution in [2.45, 2.75) is 38.3 Å². The summed E-state index contributed by atoms with van der Waals surface area (Å²) >= 11 is 0. The van der Waals surface area contributed by atoms with E-state index in [4.69, 9.17) is 5.73 Å². The van der Waals surface area contributed by atoms with E-state index in [1.54, 1.807) is 30.3 Å². The lowest BCUT2D eigenvalue weighted by molar-refractivity contribution is -0.134. The quantitative estimate of drug-likeness (QED) is 0.519. The zero-order valence-corrected chi connectivity index (χ0v) is 18.8. The van der Waals surface area contributed by atoms with Gasteiger partial charge in [0.05, 0.1) is 30.6 Å². The van der Waals surface area contributed by atoms with Crippen molar-refractivity contribution in [2.75, 3.05) is 19.8 Å². The van der Waals surface area contributed by atoms with Crippen LogP contribution in [0.4, 0.5) is 4.39 Å². The summed E-state index contributed by atoms with van der Waals surface area (Å²) in [5.41, 5.74) is 6.36. The number of nitrogens with two attached hydrogens (primary N) is 1. The number of hydrogen-bond donors (Lipinski definition) is 2. The number of aliphatic hydroxyl groups is 1. The van der Waals surface area contributed by atoms with Gasteiger partial charge in [-0.3, -0.25) is 14.8 Å². The Labute approximate surface area is 191 Å².